The van der Waals surface area contributed by atoms with E-state index in [0.29, 0.717) is 0 Å². The molecular formula is CH3Cl4NOP2. The highest BCUT2D eigenvalue weighted by Crippen LogP contribution is 2.71. The highest BCUT2D eigenvalue weighted by atomic mass is 35.9. The molecule has 0 atom stereocenters. The van der Waals surface area contributed by atoms with Gasteiger partial charge in [0.2, 0.25) is 0 Å². The number of halogens is 4. The summed E-state index contributed by atoms with van der Waals surface area (Å²) in [4.78, 5) is 0. The van der Waals surface area contributed by atoms with E-state index >= 15 is 0 Å². The van der Waals surface area contributed by atoms with Gasteiger partial charge in [-0.05, 0) is 22.5 Å². The van der Waals surface area contributed by atoms with Crippen molar-refractivity contribution in [1.29, 1.82) is 0 Å². The SMILES string of the molecule is CN(P(Cl)Cl)P(=O)(Cl)Cl. The van der Waals surface area contributed by atoms with Gasteiger partial charge in [-0.1, -0.05) is 22.5 Å². The summed E-state index contributed by atoms with van der Waals surface area (Å²) in [5.74, 6) is -3.27. The summed E-state index contributed by atoms with van der Waals surface area (Å²) >= 11 is 21.0. The van der Waals surface area contributed by atoms with Crippen molar-refractivity contribution >= 4 is 57.7 Å². The normalized spacial score (nSPS) is 13.2. The highest BCUT2D eigenvalue weighted by molar-refractivity contribution is 8.16. The number of hydrogen-bond donors (Lipinski definition) is 0. The largest absolute Gasteiger partial charge is 0.327 e. The molecule has 0 aliphatic carbocycles. The first-order valence-electron chi connectivity index (χ1n) is 1.71. The van der Waals surface area contributed by atoms with E-state index in [4.69, 9.17) is 45.0 Å². The zero-order valence-electron chi connectivity index (χ0n) is 4.26. The van der Waals surface area contributed by atoms with E-state index in [1.807, 2.05) is 0 Å². The lowest BCUT2D eigenvalue weighted by Gasteiger charge is -2.16. The third-order valence-corrected chi connectivity index (χ3v) is 6.95. The van der Waals surface area contributed by atoms with Gasteiger partial charge >= 0.3 is 6.00 Å². The van der Waals surface area contributed by atoms with Crippen molar-refractivity contribution in [1.82, 2.24) is 4.44 Å². The molecule has 0 N–H and O–H groups in total. The fourth-order valence-electron chi connectivity index (χ4n) is 0.0787. The van der Waals surface area contributed by atoms with Crippen LogP contribution < -0.4 is 0 Å². The smallest absolute Gasteiger partial charge is 0.271 e. The molecule has 0 saturated carbocycles. The topological polar surface area (TPSA) is 20.3 Å². The quantitative estimate of drug-likeness (QED) is 0.683. The Bertz CT molecular complexity index is 133. The van der Waals surface area contributed by atoms with Crippen LogP contribution in [0.1, 0.15) is 0 Å². The molecule has 0 saturated heterocycles. The first kappa shape index (κ1) is 10.8. The van der Waals surface area contributed by atoms with Crippen molar-refractivity contribution in [2.75, 3.05) is 7.05 Å². The van der Waals surface area contributed by atoms with Gasteiger partial charge in [-0.3, -0.25) is 4.57 Å². The number of hydrogen-bond acceptors (Lipinski definition) is 1. The monoisotopic (exact) mass is 247 g/mol. The summed E-state index contributed by atoms with van der Waals surface area (Å²) in [5.41, 5.74) is 0. The molecule has 0 heterocycles. The van der Waals surface area contributed by atoms with Crippen LogP contribution in [0, 0.1) is 0 Å². The zero-order chi connectivity index (χ0) is 7.65. The lowest BCUT2D eigenvalue weighted by Crippen LogP contribution is -1.94. The number of nitrogens with zero attached hydrogens (tertiary/aromatic N) is 1. The van der Waals surface area contributed by atoms with Crippen LogP contribution >= 0.6 is 57.7 Å². The van der Waals surface area contributed by atoms with Crippen LogP contribution in [0.2, 0.25) is 0 Å². The van der Waals surface area contributed by atoms with E-state index in [1.54, 1.807) is 0 Å². The average molecular weight is 249 g/mol. The van der Waals surface area contributed by atoms with Crippen molar-refractivity contribution in [3.63, 3.8) is 0 Å². The second-order valence-electron chi connectivity index (χ2n) is 1.14. The van der Waals surface area contributed by atoms with Gasteiger partial charge in [-0.2, -0.15) is 4.44 Å². The summed E-state index contributed by atoms with van der Waals surface area (Å²) in [7, 11) is 1.40. The van der Waals surface area contributed by atoms with Crippen LogP contribution in [-0.4, -0.2) is 11.5 Å². The second-order valence-corrected chi connectivity index (χ2v) is 9.66. The standard InChI is InChI=1S/CH3Cl4NOP2/c1-6(8(2)3)9(4,5)7/h1H3. The molecule has 8 heteroatoms. The Morgan fingerprint density at radius 2 is 1.78 bits per heavy atom. The van der Waals surface area contributed by atoms with Gasteiger partial charge in [0, 0.05) is 7.05 Å². The third-order valence-electron chi connectivity index (χ3n) is 0.556. The molecule has 0 fully saturated rings. The van der Waals surface area contributed by atoms with Crippen LogP contribution in [0.4, 0.5) is 0 Å². The maximum Gasteiger partial charge on any atom is 0.327 e. The molecule has 0 amide bonds. The van der Waals surface area contributed by atoms with Gasteiger partial charge in [-0.25, -0.2) is 0 Å². The Hall–Kier alpha value is 1.78. The van der Waals surface area contributed by atoms with Crippen LogP contribution in [0.3, 0.4) is 0 Å². The summed E-state index contributed by atoms with van der Waals surface area (Å²) in [6.45, 7) is -1.50. The van der Waals surface area contributed by atoms with Gasteiger partial charge in [0.15, 0.2) is 6.78 Å². The molecule has 0 radical (unpaired) electrons. The van der Waals surface area contributed by atoms with E-state index in [1.165, 1.54) is 7.05 Å². The van der Waals surface area contributed by atoms with Gasteiger partial charge in [0.05, 0.1) is 0 Å². The molecule has 0 aromatic rings. The van der Waals surface area contributed by atoms with Crippen molar-refractivity contribution in [3.8, 4) is 0 Å². The second kappa shape index (κ2) is 3.97. The summed E-state index contributed by atoms with van der Waals surface area (Å²) < 4.78 is 11.7. The first-order valence-corrected chi connectivity index (χ1v) is 8.28. The lowest BCUT2D eigenvalue weighted by molar-refractivity contribution is 0.573. The maximum atomic E-state index is 10.7. The van der Waals surface area contributed by atoms with Crippen LogP contribution in [0.5, 0.6) is 0 Å². The van der Waals surface area contributed by atoms with Crippen LogP contribution in [0.25, 0.3) is 0 Å². The van der Waals surface area contributed by atoms with Gasteiger partial charge < -0.3 is 0 Å². The molecule has 9 heavy (non-hydrogen) atoms. The molecule has 0 bridgehead atoms. The summed E-state index contributed by atoms with van der Waals surface area (Å²) in [5, 5.41) is 0. The molecule has 56 valence electrons. The zero-order valence-corrected chi connectivity index (χ0v) is 9.07. The summed E-state index contributed by atoms with van der Waals surface area (Å²) in [6, 6.07) is 0. The van der Waals surface area contributed by atoms with Crippen molar-refractivity contribution in [2.45, 2.75) is 0 Å². The highest BCUT2D eigenvalue weighted by Gasteiger charge is 2.26. The number of rotatable bonds is 2. The Kier molecular flexibility index (Phi) is 4.76. The Labute approximate surface area is 73.8 Å². The molecule has 0 aromatic heterocycles. The van der Waals surface area contributed by atoms with Gasteiger partial charge in [0.25, 0.3) is 0 Å². The van der Waals surface area contributed by atoms with Crippen molar-refractivity contribution in [3.05, 3.63) is 0 Å². The van der Waals surface area contributed by atoms with E-state index in [9.17, 15) is 4.57 Å². The fourth-order valence-corrected chi connectivity index (χ4v) is 4.89. The van der Waals surface area contributed by atoms with E-state index in [2.05, 4.69) is 0 Å². The van der Waals surface area contributed by atoms with E-state index in [-0.39, 0.29) is 0 Å². The molecule has 0 aromatic carbocycles. The third kappa shape index (κ3) is 4.27. The van der Waals surface area contributed by atoms with Crippen LogP contribution in [0.15, 0.2) is 0 Å². The average Bonchev–Trinajstić information content (AvgIpc) is 1.62. The maximum absolute atomic E-state index is 10.7. The molecule has 2 nitrogen and oxygen atoms in total. The van der Waals surface area contributed by atoms with E-state index < -0.39 is 12.8 Å². The minimum atomic E-state index is -3.27. The molecule has 0 spiro atoms. The van der Waals surface area contributed by atoms with Crippen molar-refractivity contribution in [2.24, 2.45) is 0 Å². The Balaban J connectivity index is 4.05. The molecule has 0 aliphatic rings. The fraction of sp³-hybridized carbons (Fsp3) is 1.00. The van der Waals surface area contributed by atoms with E-state index in [0.717, 1.165) is 4.44 Å². The molecule has 0 aliphatic heterocycles. The minimum absolute atomic E-state index is 1.04. The minimum Gasteiger partial charge on any atom is -0.271 e. The van der Waals surface area contributed by atoms with Crippen LogP contribution in [-0.2, 0) is 4.57 Å². The predicted octanol–water partition coefficient (Wildman–Crippen LogP) is 4.21. The lowest BCUT2D eigenvalue weighted by atomic mass is 11.6. The predicted molar refractivity (Wildman–Crippen MR) is 45.7 cm³/mol. The van der Waals surface area contributed by atoms with Gasteiger partial charge in [-0.15, -0.1) is 0 Å². The Morgan fingerprint density at radius 1 is 1.44 bits per heavy atom. The first-order chi connectivity index (χ1) is 3.85. The Morgan fingerprint density at radius 3 is 1.78 bits per heavy atom. The molecule has 0 rings (SSSR count). The molecular weight excluding hydrogens is 246 g/mol. The van der Waals surface area contributed by atoms with Gasteiger partial charge in [0.1, 0.15) is 0 Å². The summed E-state index contributed by atoms with van der Waals surface area (Å²) in [6.07, 6.45) is 0. The van der Waals surface area contributed by atoms with Crippen molar-refractivity contribution < 1.29 is 4.57 Å². The molecule has 0 unspecified atom stereocenters.